The number of hydrogen-bond acceptors (Lipinski definition) is 4. The zero-order valence-corrected chi connectivity index (χ0v) is 17.2. The maximum Gasteiger partial charge on any atom is 0.258 e. The minimum Gasteiger partial charge on any atom is -0.487 e. The summed E-state index contributed by atoms with van der Waals surface area (Å²) in [7, 11) is 0. The van der Waals surface area contributed by atoms with Gasteiger partial charge in [-0.05, 0) is 63.4 Å². The highest BCUT2D eigenvalue weighted by Crippen LogP contribution is 2.44. The van der Waals surface area contributed by atoms with Crippen LogP contribution in [0.4, 0.5) is 0 Å². The summed E-state index contributed by atoms with van der Waals surface area (Å²) in [6.07, 6.45) is -0.219. The van der Waals surface area contributed by atoms with E-state index in [1.54, 1.807) is 12.1 Å². The Bertz CT molecular complexity index is 875. The summed E-state index contributed by atoms with van der Waals surface area (Å²) in [5, 5.41) is 13.5. The molecule has 0 aliphatic carbocycles. The Labute approximate surface area is 166 Å². The quantitative estimate of drug-likeness (QED) is 0.814. The van der Waals surface area contributed by atoms with Crippen LogP contribution in [0.3, 0.4) is 0 Å². The zero-order chi connectivity index (χ0) is 20.5. The van der Waals surface area contributed by atoms with Gasteiger partial charge in [0.05, 0.1) is 17.7 Å². The fourth-order valence-corrected chi connectivity index (χ4v) is 3.52. The molecule has 5 nitrogen and oxygen atoms in total. The minimum absolute atomic E-state index is 0.116. The van der Waals surface area contributed by atoms with Crippen LogP contribution in [0.5, 0.6) is 11.5 Å². The lowest BCUT2D eigenvalue weighted by Gasteiger charge is -2.36. The molecule has 2 atom stereocenters. The fraction of sp³-hybridized carbons (Fsp3) is 0.435. The normalized spacial score (nSPS) is 18.6. The third-order valence-corrected chi connectivity index (χ3v) is 5.20. The van der Waals surface area contributed by atoms with Gasteiger partial charge in [-0.3, -0.25) is 4.79 Å². The molecule has 150 valence electrons. The first-order chi connectivity index (χ1) is 13.2. The molecule has 0 saturated carbocycles. The number of amides is 1. The molecule has 2 aromatic carbocycles. The average Bonchev–Trinajstić information content (AvgIpc) is 2.60. The molecule has 1 heterocycles. The third-order valence-electron chi connectivity index (χ3n) is 5.20. The van der Waals surface area contributed by atoms with Crippen LogP contribution in [0.25, 0.3) is 0 Å². The van der Waals surface area contributed by atoms with Crippen LogP contribution in [-0.4, -0.2) is 23.2 Å². The molecule has 0 spiro atoms. The van der Waals surface area contributed by atoms with Gasteiger partial charge in [-0.2, -0.15) is 0 Å². The molecular weight excluding hydrogens is 354 g/mol. The average molecular weight is 383 g/mol. The number of carbonyl (C=O) groups is 1. The monoisotopic (exact) mass is 383 g/mol. The Kier molecular flexibility index (Phi) is 5.66. The molecule has 1 aliphatic heterocycles. The smallest absolute Gasteiger partial charge is 0.258 e. The number of benzene rings is 2. The maximum absolute atomic E-state index is 12.4. The predicted octanol–water partition coefficient (Wildman–Crippen LogP) is 4.15. The zero-order valence-electron chi connectivity index (χ0n) is 17.2. The van der Waals surface area contributed by atoms with Crippen LogP contribution in [0.2, 0.25) is 0 Å². The van der Waals surface area contributed by atoms with E-state index in [0.717, 1.165) is 5.56 Å². The minimum atomic E-state index is -0.688. The highest BCUT2D eigenvalue weighted by atomic mass is 16.5. The summed E-state index contributed by atoms with van der Waals surface area (Å²) in [5.41, 5.74) is 3.65. The Hall–Kier alpha value is -2.53. The summed E-state index contributed by atoms with van der Waals surface area (Å²) in [6.45, 7) is 9.83. The molecule has 0 aromatic heterocycles. The summed E-state index contributed by atoms with van der Waals surface area (Å²) in [5.74, 6) is 0.870. The van der Waals surface area contributed by atoms with Gasteiger partial charge in [-0.15, -0.1) is 0 Å². The third kappa shape index (κ3) is 4.47. The van der Waals surface area contributed by atoms with Crippen molar-refractivity contribution in [1.29, 1.82) is 0 Å². The summed E-state index contributed by atoms with van der Waals surface area (Å²) < 4.78 is 11.7. The number of aliphatic hydroxyl groups is 1. The van der Waals surface area contributed by atoms with E-state index in [-0.39, 0.29) is 18.6 Å². The first kappa shape index (κ1) is 20.2. The van der Waals surface area contributed by atoms with Gasteiger partial charge in [0.15, 0.2) is 6.61 Å². The van der Waals surface area contributed by atoms with E-state index < -0.39 is 11.7 Å². The van der Waals surface area contributed by atoms with Crippen molar-refractivity contribution in [2.24, 2.45) is 0 Å². The number of aryl methyl sites for hydroxylation is 2. The van der Waals surface area contributed by atoms with Gasteiger partial charge in [0.25, 0.3) is 5.91 Å². The second-order valence-corrected chi connectivity index (χ2v) is 8.17. The molecular formula is C23H29NO4. The Morgan fingerprint density at radius 1 is 1.29 bits per heavy atom. The van der Waals surface area contributed by atoms with Gasteiger partial charge >= 0.3 is 0 Å². The van der Waals surface area contributed by atoms with Gasteiger partial charge in [-0.25, -0.2) is 0 Å². The van der Waals surface area contributed by atoms with E-state index in [0.29, 0.717) is 23.5 Å². The van der Waals surface area contributed by atoms with Crippen LogP contribution >= 0.6 is 0 Å². The Morgan fingerprint density at radius 3 is 2.75 bits per heavy atom. The van der Waals surface area contributed by atoms with Crippen LogP contribution in [0, 0.1) is 13.8 Å². The topological polar surface area (TPSA) is 67.8 Å². The lowest BCUT2D eigenvalue weighted by molar-refractivity contribution is -0.123. The molecule has 3 rings (SSSR count). The van der Waals surface area contributed by atoms with Crippen LogP contribution < -0.4 is 14.8 Å². The van der Waals surface area contributed by atoms with Gasteiger partial charge in [0.1, 0.15) is 17.1 Å². The number of rotatable bonds is 5. The van der Waals surface area contributed by atoms with Crippen molar-refractivity contribution < 1.29 is 19.4 Å². The van der Waals surface area contributed by atoms with Crippen molar-refractivity contribution in [2.75, 3.05) is 6.61 Å². The molecule has 5 heteroatoms. The summed E-state index contributed by atoms with van der Waals surface area (Å²) >= 11 is 0. The SMILES string of the molecule is Cc1ccc(C(C)NC(=O)COc2cccc3c2C(O)CC(C)(C)O3)cc1C. The van der Waals surface area contributed by atoms with E-state index in [4.69, 9.17) is 9.47 Å². The largest absolute Gasteiger partial charge is 0.487 e. The van der Waals surface area contributed by atoms with Crippen molar-refractivity contribution >= 4 is 5.91 Å². The van der Waals surface area contributed by atoms with E-state index in [9.17, 15) is 9.90 Å². The Morgan fingerprint density at radius 2 is 2.04 bits per heavy atom. The van der Waals surface area contributed by atoms with Crippen LogP contribution in [0.1, 0.15) is 61.6 Å². The van der Waals surface area contributed by atoms with E-state index in [1.807, 2.05) is 32.9 Å². The first-order valence-electron chi connectivity index (χ1n) is 9.65. The van der Waals surface area contributed by atoms with E-state index in [2.05, 4.69) is 31.3 Å². The molecule has 0 saturated heterocycles. The predicted molar refractivity (Wildman–Crippen MR) is 109 cm³/mol. The number of aliphatic hydroxyl groups excluding tert-OH is 1. The molecule has 28 heavy (non-hydrogen) atoms. The molecule has 2 aromatic rings. The van der Waals surface area contributed by atoms with Gasteiger partial charge in [0.2, 0.25) is 0 Å². The maximum atomic E-state index is 12.4. The Balaban J connectivity index is 1.64. The molecule has 0 fully saturated rings. The van der Waals surface area contributed by atoms with Crippen LogP contribution in [0.15, 0.2) is 36.4 Å². The fourth-order valence-electron chi connectivity index (χ4n) is 3.52. The van der Waals surface area contributed by atoms with Crippen molar-refractivity contribution in [1.82, 2.24) is 5.32 Å². The number of nitrogens with one attached hydrogen (secondary N) is 1. The number of hydrogen-bond donors (Lipinski definition) is 2. The van der Waals surface area contributed by atoms with Crippen molar-refractivity contribution in [3.8, 4) is 11.5 Å². The van der Waals surface area contributed by atoms with Crippen molar-refractivity contribution in [3.05, 3.63) is 58.7 Å². The molecule has 0 radical (unpaired) electrons. The standard InChI is InChI=1S/C23H29NO4/c1-14-9-10-17(11-15(14)2)16(3)24-21(26)13-27-19-7-6-8-20-22(19)18(25)12-23(4,5)28-20/h6-11,16,18,25H,12-13H2,1-5H3,(H,24,26). The van der Waals surface area contributed by atoms with E-state index >= 15 is 0 Å². The van der Waals surface area contributed by atoms with Gasteiger partial charge in [0, 0.05) is 6.42 Å². The molecule has 1 amide bonds. The van der Waals surface area contributed by atoms with Crippen molar-refractivity contribution in [3.63, 3.8) is 0 Å². The summed E-state index contributed by atoms with van der Waals surface area (Å²) in [4.78, 5) is 12.4. The molecule has 1 aliphatic rings. The molecule has 2 unspecified atom stereocenters. The lowest BCUT2D eigenvalue weighted by Crippen LogP contribution is -2.35. The highest BCUT2D eigenvalue weighted by molar-refractivity contribution is 5.78. The number of ether oxygens (including phenoxy) is 2. The number of carbonyl (C=O) groups excluding carboxylic acids is 1. The highest BCUT2D eigenvalue weighted by Gasteiger charge is 2.34. The molecule has 0 bridgehead atoms. The van der Waals surface area contributed by atoms with Gasteiger partial charge < -0.3 is 19.9 Å². The number of fused-ring (bicyclic) bond motifs is 1. The van der Waals surface area contributed by atoms with Gasteiger partial charge in [-0.1, -0.05) is 24.3 Å². The summed E-state index contributed by atoms with van der Waals surface area (Å²) in [6, 6.07) is 11.4. The second-order valence-electron chi connectivity index (χ2n) is 8.17. The second kappa shape index (κ2) is 7.84. The first-order valence-corrected chi connectivity index (χ1v) is 9.65. The van der Waals surface area contributed by atoms with Crippen molar-refractivity contribution in [2.45, 2.75) is 58.8 Å². The van der Waals surface area contributed by atoms with E-state index in [1.165, 1.54) is 11.1 Å². The van der Waals surface area contributed by atoms with Crippen LogP contribution in [-0.2, 0) is 4.79 Å². The lowest BCUT2D eigenvalue weighted by atomic mass is 9.91. The molecule has 2 N–H and O–H groups in total.